The molecule has 0 radical (unpaired) electrons. The molecule has 1 saturated heterocycles. The first kappa shape index (κ1) is 14.8. The van der Waals surface area contributed by atoms with Crippen molar-refractivity contribution in [3.63, 3.8) is 0 Å². The van der Waals surface area contributed by atoms with Crippen LogP contribution in [0.5, 0.6) is 0 Å². The Bertz CT molecular complexity index is 943. The molecule has 4 heterocycles. The Labute approximate surface area is 143 Å². The van der Waals surface area contributed by atoms with Crippen LogP contribution in [0, 0.1) is 5.92 Å². The first-order valence-electron chi connectivity index (χ1n) is 7.40. The molecule has 0 aromatic carbocycles. The number of thiazole rings is 1. The van der Waals surface area contributed by atoms with E-state index in [4.69, 9.17) is 0 Å². The highest BCUT2D eigenvalue weighted by Crippen LogP contribution is 2.28. The number of amides is 2. The fraction of sp³-hybridized carbons (Fsp3) is 0.267. The molecule has 2 N–H and O–H groups in total. The fourth-order valence-corrected chi connectivity index (χ4v) is 3.46. The molecule has 4 rings (SSSR count). The average Bonchev–Trinajstić information content (AvgIpc) is 3.28. The molecule has 3 aromatic heterocycles. The van der Waals surface area contributed by atoms with Gasteiger partial charge >= 0.3 is 0 Å². The minimum Gasteiger partial charge on any atom is -0.346 e. The molecule has 24 heavy (non-hydrogen) atoms. The lowest BCUT2D eigenvalue weighted by atomic mass is 10.1. The zero-order valence-electron chi connectivity index (χ0n) is 12.8. The molecule has 2 amide bonds. The van der Waals surface area contributed by atoms with Gasteiger partial charge < -0.3 is 15.2 Å². The number of hydrogen-bond acceptors (Lipinski definition) is 6. The van der Waals surface area contributed by atoms with Crippen LogP contribution < -0.4 is 5.32 Å². The molecule has 1 atom stereocenters. The van der Waals surface area contributed by atoms with Crippen LogP contribution in [0.4, 0.5) is 5.13 Å². The third-order valence-electron chi connectivity index (χ3n) is 4.04. The van der Waals surface area contributed by atoms with Crippen LogP contribution in [0.2, 0.25) is 0 Å². The Hall–Kier alpha value is -2.81. The zero-order valence-corrected chi connectivity index (χ0v) is 13.6. The minimum atomic E-state index is -0.328. The van der Waals surface area contributed by atoms with Gasteiger partial charge in [0, 0.05) is 39.8 Å². The number of nitrogens with zero attached hydrogens (tertiary/aromatic N) is 4. The summed E-state index contributed by atoms with van der Waals surface area (Å²) in [6.07, 6.45) is 3.52. The number of anilines is 1. The van der Waals surface area contributed by atoms with Crippen LogP contribution in [0.15, 0.2) is 24.0 Å². The molecule has 1 aliphatic rings. The lowest BCUT2D eigenvalue weighted by molar-refractivity contribution is -0.127. The van der Waals surface area contributed by atoms with Gasteiger partial charge in [-0.25, -0.2) is 15.0 Å². The van der Waals surface area contributed by atoms with Crippen molar-refractivity contribution < 1.29 is 12.4 Å². The van der Waals surface area contributed by atoms with Gasteiger partial charge in [-0.05, 0) is 6.07 Å². The maximum absolute atomic E-state index is 12.3. The van der Waals surface area contributed by atoms with Crippen molar-refractivity contribution in [1.82, 2.24) is 24.8 Å². The van der Waals surface area contributed by atoms with Gasteiger partial charge in [0.1, 0.15) is 23.4 Å². The van der Waals surface area contributed by atoms with E-state index in [0.29, 0.717) is 23.1 Å². The summed E-state index contributed by atoms with van der Waals surface area (Å²) >= 11 is 1.33. The second-order valence-corrected chi connectivity index (χ2v) is 6.52. The Morgan fingerprint density at radius 1 is 1.50 bits per heavy atom. The topological polar surface area (TPSA) is 104 Å². The highest BCUT2D eigenvalue weighted by Gasteiger charge is 2.32. The monoisotopic (exact) mass is 346 g/mol. The standard InChI is InChI=1S/C15H14N6O2S.2H2/c1-21-5-8(4-11(21)22)14(23)20-15-19-10(6-24-15)12-9-2-3-16-13(9)18-7-17-12;;/h2-3,6-8H,4-5H2,1H3,(H,16,17,18)(H,19,20,23);2*1H. The van der Waals surface area contributed by atoms with Crippen LogP contribution in [0.1, 0.15) is 9.27 Å². The Kier molecular flexibility index (Phi) is 3.49. The van der Waals surface area contributed by atoms with Crippen molar-refractivity contribution in [3.8, 4) is 11.4 Å². The van der Waals surface area contributed by atoms with Crippen LogP contribution in [-0.4, -0.2) is 50.2 Å². The van der Waals surface area contributed by atoms with Crippen molar-refractivity contribution in [3.05, 3.63) is 24.0 Å². The van der Waals surface area contributed by atoms with Crippen LogP contribution in [-0.2, 0) is 9.59 Å². The highest BCUT2D eigenvalue weighted by atomic mass is 32.1. The van der Waals surface area contributed by atoms with E-state index >= 15 is 0 Å². The minimum absolute atomic E-state index is 0. The third-order valence-corrected chi connectivity index (χ3v) is 4.80. The second-order valence-electron chi connectivity index (χ2n) is 5.66. The SMILES string of the molecule is CN1CC(C(=O)Nc2nc(-c3ncnc4[nH]ccc34)cs2)CC1=O.[HH].[HH]. The molecule has 9 heteroatoms. The number of carbonyl (C=O) groups is 2. The molecule has 0 spiro atoms. The van der Waals surface area contributed by atoms with Gasteiger partial charge in [0.15, 0.2) is 5.13 Å². The largest absolute Gasteiger partial charge is 0.346 e. The molecule has 1 unspecified atom stereocenters. The molecule has 8 nitrogen and oxygen atoms in total. The smallest absolute Gasteiger partial charge is 0.231 e. The molecular formula is C15H18N6O2S. The van der Waals surface area contributed by atoms with E-state index in [1.165, 1.54) is 17.7 Å². The van der Waals surface area contributed by atoms with Crippen molar-refractivity contribution >= 4 is 39.3 Å². The molecular weight excluding hydrogens is 328 g/mol. The zero-order chi connectivity index (χ0) is 16.7. The summed E-state index contributed by atoms with van der Waals surface area (Å²) in [5.74, 6) is -0.515. The first-order valence-corrected chi connectivity index (χ1v) is 8.28. The number of aromatic amines is 1. The van der Waals surface area contributed by atoms with Gasteiger partial charge in [-0.1, -0.05) is 0 Å². The van der Waals surface area contributed by atoms with Gasteiger partial charge in [0.25, 0.3) is 0 Å². The van der Waals surface area contributed by atoms with Crippen LogP contribution in [0.3, 0.4) is 0 Å². The van der Waals surface area contributed by atoms with E-state index in [-0.39, 0.29) is 27.0 Å². The summed E-state index contributed by atoms with van der Waals surface area (Å²) in [4.78, 5) is 41.3. The number of nitrogens with one attached hydrogen (secondary N) is 2. The number of carbonyl (C=O) groups excluding carboxylic acids is 2. The van der Waals surface area contributed by atoms with Crippen molar-refractivity contribution in [2.45, 2.75) is 6.42 Å². The molecule has 3 aromatic rings. The average molecular weight is 346 g/mol. The number of aromatic nitrogens is 4. The van der Waals surface area contributed by atoms with Crippen molar-refractivity contribution in [1.29, 1.82) is 0 Å². The Morgan fingerprint density at radius 3 is 3.17 bits per heavy atom. The number of likely N-dealkylation sites (tertiary alicyclic amines) is 1. The first-order chi connectivity index (χ1) is 11.6. The summed E-state index contributed by atoms with van der Waals surface area (Å²) in [6.45, 7) is 0.443. The number of H-pyrrole nitrogens is 1. The normalized spacial score (nSPS) is 17.6. The quantitative estimate of drug-likeness (QED) is 0.755. The molecule has 1 fully saturated rings. The van der Waals surface area contributed by atoms with E-state index < -0.39 is 0 Å². The third kappa shape index (κ3) is 2.52. The van der Waals surface area contributed by atoms with Gasteiger partial charge in [-0.2, -0.15) is 0 Å². The van der Waals surface area contributed by atoms with Crippen molar-refractivity contribution in [2.75, 3.05) is 18.9 Å². The molecule has 0 saturated carbocycles. The maximum Gasteiger partial charge on any atom is 0.231 e. The molecule has 1 aliphatic heterocycles. The predicted octanol–water partition coefficient (Wildman–Crippen LogP) is 1.99. The van der Waals surface area contributed by atoms with Gasteiger partial charge in [0.2, 0.25) is 11.8 Å². The van der Waals surface area contributed by atoms with Gasteiger partial charge in [0.05, 0.1) is 5.92 Å². The summed E-state index contributed by atoms with van der Waals surface area (Å²) in [5.41, 5.74) is 2.14. The summed E-state index contributed by atoms with van der Waals surface area (Å²) in [5, 5.41) is 6.02. The van der Waals surface area contributed by atoms with E-state index in [0.717, 1.165) is 11.0 Å². The Morgan fingerprint density at radius 2 is 2.38 bits per heavy atom. The van der Waals surface area contributed by atoms with E-state index in [2.05, 4.69) is 25.3 Å². The van der Waals surface area contributed by atoms with E-state index in [9.17, 15) is 9.59 Å². The fourth-order valence-electron chi connectivity index (χ4n) is 2.76. The lowest BCUT2D eigenvalue weighted by Gasteiger charge is -2.09. The maximum atomic E-state index is 12.3. The number of rotatable bonds is 3. The van der Waals surface area contributed by atoms with Crippen molar-refractivity contribution in [2.24, 2.45) is 5.92 Å². The lowest BCUT2D eigenvalue weighted by Crippen LogP contribution is -2.25. The summed E-state index contributed by atoms with van der Waals surface area (Å²) in [6, 6.07) is 1.89. The van der Waals surface area contributed by atoms with E-state index in [1.807, 2.05) is 11.4 Å². The van der Waals surface area contributed by atoms with Gasteiger partial charge in [-0.15, -0.1) is 11.3 Å². The van der Waals surface area contributed by atoms with Crippen LogP contribution in [0.25, 0.3) is 22.4 Å². The predicted molar refractivity (Wildman–Crippen MR) is 93.6 cm³/mol. The molecule has 126 valence electrons. The van der Waals surface area contributed by atoms with E-state index in [1.54, 1.807) is 18.1 Å². The number of hydrogen-bond donors (Lipinski definition) is 2. The highest BCUT2D eigenvalue weighted by molar-refractivity contribution is 7.14. The van der Waals surface area contributed by atoms with Crippen LogP contribution >= 0.6 is 11.3 Å². The van der Waals surface area contributed by atoms with Gasteiger partial charge in [-0.3, -0.25) is 9.59 Å². The summed E-state index contributed by atoms with van der Waals surface area (Å²) in [7, 11) is 1.70. The second kappa shape index (κ2) is 5.68. The molecule has 0 bridgehead atoms. The number of fused-ring (bicyclic) bond motifs is 1. The summed E-state index contributed by atoms with van der Waals surface area (Å²) < 4.78 is 0. The Balaban J connectivity index is 0.00000121. The molecule has 0 aliphatic carbocycles.